The van der Waals surface area contributed by atoms with Crippen LogP contribution in [0.5, 0.6) is 0 Å². The number of aromatic nitrogens is 1. The van der Waals surface area contributed by atoms with E-state index in [4.69, 9.17) is 0 Å². The molecule has 2 aliphatic carbocycles. The van der Waals surface area contributed by atoms with Crippen molar-refractivity contribution in [3.8, 4) is 22.3 Å². The fourth-order valence-electron chi connectivity index (χ4n) is 5.48. The maximum atomic E-state index is 2.55. The van der Waals surface area contributed by atoms with Crippen molar-refractivity contribution in [3.63, 3.8) is 0 Å². The minimum Gasteiger partial charge on any atom is -0.340 e. The second-order valence-corrected chi connectivity index (χ2v) is 8.06. The van der Waals surface area contributed by atoms with Gasteiger partial charge in [0, 0.05) is 28.4 Å². The van der Waals surface area contributed by atoms with E-state index >= 15 is 0 Å². The fourth-order valence-corrected chi connectivity index (χ4v) is 5.48. The molecule has 0 saturated heterocycles. The summed E-state index contributed by atoms with van der Waals surface area (Å²) < 4.78 is 2.55. The van der Waals surface area contributed by atoms with E-state index in [-0.39, 0.29) is 0 Å². The van der Waals surface area contributed by atoms with E-state index < -0.39 is 0 Å². The zero-order chi connectivity index (χ0) is 19.1. The van der Waals surface area contributed by atoms with E-state index in [1.807, 2.05) is 0 Å². The lowest BCUT2D eigenvalue weighted by atomic mass is 10.0. The fraction of sp³-hybridized carbons (Fsp3) is 0.0714. The van der Waals surface area contributed by atoms with E-state index in [0.29, 0.717) is 0 Å². The SMILES string of the molecule is CCn1c2c3c(ccc2c2ccc4c(c21)-c1ccccc1C=4)=Cc1ccccc1-3. The highest BCUT2D eigenvalue weighted by Crippen LogP contribution is 2.41. The van der Waals surface area contributed by atoms with Crippen LogP contribution in [0.4, 0.5) is 0 Å². The molecular formula is C28H19N. The van der Waals surface area contributed by atoms with Gasteiger partial charge in [0.05, 0.1) is 11.0 Å². The van der Waals surface area contributed by atoms with Crippen LogP contribution in [0.15, 0.2) is 72.8 Å². The van der Waals surface area contributed by atoms with Crippen LogP contribution >= 0.6 is 0 Å². The number of hydrogen-bond donors (Lipinski definition) is 0. The molecule has 1 heterocycles. The Labute approximate surface area is 168 Å². The maximum absolute atomic E-state index is 2.55. The Kier molecular flexibility index (Phi) is 2.79. The summed E-state index contributed by atoms with van der Waals surface area (Å²) in [7, 11) is 0. The standard InChI is InChI=1S/C28H19N/c1-2-29-27-23(13-11-19-15-17-7-3-5-9-21(17)25(19)27)24-14-12-20-16-18-8-4-6-10-22(18)26(20)28(24)29/h3-16H,2H2,1H3. The lowest BCUT2D eigenvalue weighted by molar-refractivity contribution is 0.828. The van der Waals surface area contributed by atoms with Gasteiger partial charge in [0.2, 0.25) is 0 Å². The van der Waals surface area contributed by atoms with Crippen LogP contribution in [0, 0.1) is 0 Å². The topological polar surface area (TPSA) is 4.93 Å². The summed E-state index contributed by atoms with van der Waals surface area (Å²) in [5, 5.41) is 5.38. The Balaban J connectivity index is 1.73. The lowest BCUT2D eigenvalue weighted by Crippen LogP contribution is -2.06. The molecule has 0 bridgehead atoms. The van der Waals surface area contributed by atoms with Crippen LogP contribution in [0.25, 0.3) is 56.2 Å². The van der Waals surface area contributed by atoms with E-state index in [1.54, 1.807) is 0 Å². The number of nitrogens with zero attached hydrogens (tertiary/aromatic N) is 1. The number of benzene rings is 4. The Bertz CT molecular complexity index is 1510. The first-order valence-corrected chi connectivity index (χ1v) is 10.4. The minimum absolute atomic E-state index is 0.956. The predicted molar refractivity (Wildman–Crippen MR) is 122 cm³/mol. The van der Waals surface area contributed by atoms with Gasteiger partial charge in [-0.25, -0.2) is 0 Å². The molecule has 2 aliphatic rings. The van der Waals surface area contributed by atoms with Gasteiger partial charge in [0.25, 0.3) is 0 Å². The van der Waals surface area contributed by atoms with E-state index in [0.717, 1.165) is 6.54 Å². The summed E-state index contributed by atoms with van der Waals surface area (Å²) >= 11 is 0. The van der Waals surface area contributed by atoms with Crippen molar-refractivity contribution in [2.75, 3.05) is 0 Å². The Morgan fingerprint density at radius 2 is 1.07 bits per heavy atom. The van der Waals surface area contributed by atoms with Crippen molar-refractivity contribution in [1.29, 1.82) is 0 Å². The van der Waals surface area contributed by atoms with E-state index in [1.165, 1.54) is 65.6 Å². The van der Waals surface area contributed by atoms with Gasteiger partial charge in [-0.2, -0.15) is 0 Å². The number of aryl methyl sites for hydroxylation is 1. The van der Waals surface area contributed by atoms with Crippen molar-refractivity contribution < 1.29 is 0 Å². The highest BCUT2D eigenvalue weighted by molar-refractivity contribution is 6.18. The third-order valence-corrected chi connectivity index (χ3v) is 6.65. The molecule has 1 nitrogen and oxygen atoms in total. The van der Waals surface area contributed by atoms with Gasteiger partial charge >= 0.3 is 0 Å². The van der Waals surface area contributed by atoms with Crippen molar-refractivity contribution in [2.45, 2.75) is 13.5 Å². The first kappa shape index (κ1) is 15.4. The van der Waals surface area contributed by atoms with Gasteiger partial charge in [-0.05, 0) is 51.8 Å². The molecule has 0 radical (unpaired) electrons. The third-order valence-electron chi connectivity index (χ3n) is 6.65. The normalized spacial score (nSPS) is 13.0. The summed E-state index contributed by atoms with van der Waals surface area (Å²) in [5.41, 5.74) is 10.9. The first-order chi connectivity index (χ1) is 14.3. The monoisotopic (exact) mass is 369 g/mol. The van der Waals surface area contributed by atoms with Gasteiger partial charge in [-0.15, -0.1) is 0 Å². The van der Waals surface area contributed by atoms with Gasteiger partial charge in [0.15, 0.2) is 0 Å². The summed E-state index contributed by atoms with van der Waals surface area (Å²) in [6.45, 7) is 3.23. The van der Waals surface area contributed by atoms with Crippen LogP contribution in [0.1, 0.15) is 18.1 Å². The summed E-state index contributed by atoms with van der Waals surface area (Å²) in [4.78, 5) is 0. The number of fused-ring (bicyclic) bond motifs is 11. The second kappa shape index (κ2) is 5.27. The van der Waals surface area contributed by atoms with Crippen LogP contribution in [0.3, 0.4) is 0 Å². The first-order valence-electron chi connectivity index (χ1n) is 10.4. The molecule has 0 unspecified atom stereocenters. The molecule has 0 N–H and O–H groups in total. The highest BCUT2D eigenvalue weighted by atomic mass is 15.0. The molecule has 5 aromatic rings. The Morgan fingerprint density at radius 1 is 0.586 bits per heavy atom. The number of hydrogen-bond acceptors (Lipinski definition) is 0. The van der Waals surface area contributed by atoms with Crippen LogP contribution < -0.4 is 10.4 Å². The largest absolute Gasteiger partial charge is 0.340 e. The molecule has 0 atom stereocenters. The summed E-state index contributed by atoms with van der Waals surface area (Å²) in [5.74, 6) is 0. The van der Waals surface area contributed by atoms with Crippen molar-refractivity contribution >= 4 is 34.0 Å². The highest BCUT2D eigenvalue weighted by Gasteiger charge is 2.23. The Morgan fingerprint density at radius 3 is 1.55 bits per heavy atom. The second-order valence-electron chi connectivity index (χ2n) is 8.06. The molecule has 0 aliphatic heterocycles. The molecule has 1 heteroatoms. The average molecular weight is 369 g/mol. The van der Waals surface area contributed by atoms with Crippen LogP contribution in [-0.4, -0.2) is 4.57 Å². The van der Waals surface area contributed by atoms with Crippen molar-refractivity contribution in [2.24, 2.45) is 0 Å². The van der Waals surface area contributed by atoms with Crippen LogP contribution in [-0.2, 0) is 6.54 Å². The average Bonchev–Trinajstić information content (AvgIpc) is 3.41. The molecule has 7 rings (SSSR count). The zero-order valence-corrected chi connectivity index (χ0v) is 16.2. The summed E-state index contributed by atoms with van der Waals surface area (Å²) in [6.07, 6.45) is 4.66. The van der Waals surface area contributed by atoms with Crippen LogP contribution in [0.2, 0.25) is 0 Å². The lowest BCUT2D eigenvalue weighted by Gasteiger charge is -2.11. The third kappa shape index (κ3) is 1.81. The Hall–Kier alpha value is -3.58. The minimum atomic E-state index is 0.956. The maximum Gasteiger partial charge on any atom is 0.0577 e. The molecule has 4 aromatic carbocycles. The van der Waals surface area contributed by atoms with Crippen molar-refractivity contribution in [3.05, 3.63) is 94.4 Å². The molecule has 136 valence electrons. The molecular weight excluding hydrogens is 350 g/mol. The van der Waals surface area contributed by atoms with Gasteiger partial charge in [-0.3, -0.25) is 0 Å². The van der Waals surface area contributed by atoms with E-state index in [9.17, 15) is 0 Å². The molecule has 0 amide bonds. The molecule has 0 fully saturated rings. The van der Waals surface area contributed by atoms with Gasteiger partial charge < -0.3 is 4.57 Å². The smallest absolute Gasteiger partial charge is 0.0577 e. The number of rotatable bonds is 1. The van der Waals surface area contributed by atoms with Gasteiger partial charge in [0.1, 0.15) is 0 Å². The summed E-state index contributed by atoms with van der Waals surface area (Å²) in [6, 6.07) is 26.8. The quantitative estimate of drug-likeness (QED) is 0.363. The van der Waals surface area contributed by atoms with Gasteiger partial charge in [-0.1, -0.05) is 72.8 Å². The zero-order valence-electron chi connectivity index (χ0n) is 16.2. The molecule has 0 spiro atoms. The van der Waals surface area contributed by atoms with E-state index in [2.05, 4.69) is 96.4 Å². The molecule has 0 saturated carbocycles. The molecule has 29 heavy (non-hydrogen) atoms. The van der Waals surface area contributed by atoms with Crippen molar-refractivity contribution in [1.82, 2.24) is 4.57 Å². The molecule has 1 aromatic heterocycles. The predicted octanol–water partition coefficient (Wildman–Crippen LogP) is 5.43.